The van der Waals surface area contributed by atoms with Gasteiger partial charge < -0.3 is 10.0 Å². The number of hydrogen-bond acceptors (Lipinski definition) is 4. The highest BCUT2D eigenvalue weighted by Gasteiger charge is 2.34. The van der Waals surface area contributed by atoms with Crippen LogP contribution in [0.3, 0.4) is 0 Å². The van der Waals surface area contributed by atoms with Crippen LogP contribution in [0, 0.1) is 5.82 Å². The number of carbonyl (C=O) groups excluding carboxylic acids is 1. The highest BCUT2D eigenvalue weighted by molar-refractivity contribution is 7.89. The number of nitrogens with zero attached hydrogens (tertiary/aromatic N) is 1. The predicted octanol–water partition coefficient (Wildman–Crippen LogP) is 0.162. The number of amides is 1. The number of halogens is 1. The molecule has 21 heavy (non-hydrogen) atoms. The van der Waals surface area contributed by atoms with Gasteiger partial charge in [-0.25, -0.2) is 22.7 Å². The summed E-state index contributed by atoms with van der Waals surface area (Å²) in [5, 5.41) is 13.8. The summed E-state index contributed by atoms with van der Waals surface area (Å²) in [6, 6.07) is 1.81. The Morgan fingerprint density at radius 2 is 2.05 bits per heavy atom. The zero-order valence-corrected chi connectivity index (χ0v) is 11.6. The lowest BCUT2D eigenvalue weighted by molar-refractivity contribution is -0.141. The molecule has 0 radical (unpaired) electrons. The number of aliphatic carboxylic acids is 1. The summed E-state index contributed by atoms with van der Waals surface area (Å²) >= 11 is 0. The van der Waals surface area contributed by atoms with Gasteiger partial charge >= 0.3 is 5.97 Å². The first-order chi connectivity index (χ1) is 9.71. The van der Waals surface area contributed by atoms with Crippen molar-refractivity contribution in [2.75, 3.05) is 6.54 Å². The summed E-state index contributed by atoms with van der Waals surface area (Å²) in [5.74, 6) is -2.92. The van der Waals surface area contributed by atoms with Crippen LogP contribution in [0.5, 0.6) is 0 Å². The van der Waals surface area contributed by atoms with E-state index in [0.717, 1.165) is 23.1 Å². The average Bonchev–Trinajstić information content (AvgIpc) is 2.85. The fraction of sp³-hybridized carbons (Fsp3) is 0.333. The van der Waals surface area contributed by atoms with Gasteiger partial charge in [0.15, 0.2) is 0 Å². The molecule has 0 spiro atoms. The minimum absolute atomic E-state index is 0.118. The van der Waals surface area contributed by atoms with Crippen molar-refractivity contribution in [1.29, 1.82) is 0 Å². The van der Waals surface area contributed by atoms with Crippen LogP contribution >= 0.6 is 0 Å². The largest absolute Gasteiger partial charge is 0.480 e. The van der Waals surface area contributed by atoms with Crippen LogP contribution in [0.15, 0.2) is 23.1 Å². The van der Waals surface area contributed by atoms with Crippen LogP contribution in [-0.4, -0.2) is 42.9 Å². The fourth-order valence-electron chi connectivity index (χ4n) is 2.30. The minimum Gasteiger partial charge on any atom is -0.480 e. The zero-order chi connectivity index (χ0) is 15.8. The summed E-state index contributed by atoms with van der Waals surface area (Å²) < 4.78 is 35.9. The first-order valence-electron chi connectivity index (χ1n) is 6.08. The zero-order valence-electron chi connectivity index (χ0n) is 10.8. The van der Waals surface area contributed by atoms with E-state index in [1.54, 1.807) is 0 Å². The molecule has 1 aliphatic heterocycles. The molecule has 1 saturated heterocycles. The van der Waals surface area contributed by atoms with Crippen molar-refractivity contribution >= 4 is 21.9 Å². The normalized spacial score (nSPS) is 18.8. The SMILES string of the molecule is NS(=O)(=O)c1ccc(C(=O)N2CCCC2C(=O)O)cc1F. The molecule has 0 saturated carbocycles. The van der Waals surface area contributed by atoms with Crippen molar-refractivity contribution in [3.63, 3.8) is 0 Å². The topological polar surface area (TPSA) is 118 Å². The molecule has 0 bridgehead atoms. The van der Waals surface area contributed by atoms with Gasteiger partial charge in [-0.1, -0.05) is 0 Å². The lowest BCUT2D eigenvalue weighted by atomic mass is 10.1. The van der Waals surface area contributed by atoms with Crippen LogP contribution in [-0.2, 0) is 14.8 Å². The Balaban J connectivity index is 2.33. The average molecular weight is 316 g/mol. The van der Waals surface area contributed by atoms with E-state index in [0.29, 0.717) is 12.8 Å². The smallest absolute Gasteiger partial charge is 0.326 e. The molecule has 3 N–H and O–H groups in total. The number of carbonyl (C=O) groups is 2. The molecule has 1 fully saturated rings. The predicted molar refractivity (Wildman–Crippen MR) is 69.5 cm³/mol. The fourth-order valence-corrected chi connectivity index (χ4v) is 2.89. The van der Waals surface area contributed by atoms with Crippen molar-refractivity contribution in [2.45, 2.75) is 23.8 Å². The van der Waals surface area contributed by atoms with E-state index >= 15 is 0 Å². The number of rotatable bonds is 3. The minimum atomic E-state index is -4.21. The molecule has 1 atom stereocenters. The van der Waals surface area contributed by atoms with E-state index < -0.39 is 38.7 Å². The molecule has 9 heteroatoms. The van der Waals surface area contributed by atoms with E-state index in [1.165, 1.54) is 0 Å². The van der Waals surface area contributed by atoms with Crippen molar-refractivity contribution in [3.05, 3.63) is 29.6 Å². The number of benzene rings is 1. The summed E-state index contributed by atoms with van der Waals surface area (Å²) in [7, 11) is -4.21. The van der Waals surface area contributed by atoms with Gasteiger partial charge in [-0.15, -0.1) is 0 Å². The van der Waals surface area contributed by atoms with E-state index in [-0.39, 0.29) is 12.1 Å². The number of likely N-dealkylation sites (tertiary alicyclic amines) is 1. The van der Waals surface area contributed by atoms with Gasteiger partial charge in [0.1, 0.15) is 16.8 Å². The van der Waals surface area contributed by atoms with Crippen molar-refractivity contribution in [1.82, 2.24) is 4.90 Å². The first-order valence-corrected chi connectivity index (χ1v) is 7.62. The van der Waals surface area contributed by atoms with E-state index in [2.05, 4.69) is 0 Å². The van der Waals surface area contributed by atoms with Gasteiger partial charge in [-0.05, 0) is 31.0 Å². The molecule has 1 aliphatic rings. The molecule has 1 amide bonds. The molecule has 0 aliphatic carbocycles. The summed E-state index contributed by atoms with van der Waals surface area (Å²) in [6.07, 6.45) is 0.874. The van der Waals surface area contributed by atoms with Crippen molar-refractivity contribution in [2.24, 2.45) is 5.14 Å². The van der Waals surface area contributed by atoms with E-state index in [1.807, 2.05) is 0 Å². The second kappa shape index (κ2) is 5.41. The third-order valence-corrected chi connectivity index (χ3v) is 4.23. The third-order valence-electron chi connectivity index (χ3n) is 3.28. The first kappa shape index (κ1) is 15.4. The molecule has 114 valence electrons. The highest BCUT2D eigenvalue weighted by Crippen LogP contribution is 2.22. The molecule has 1 aromatic carbocycles. The van der Waals surface area contributed by atoms with Crippen LogP contribution in [0.2, 0.25) is 0 Å². The lowest BCUT2D eigenvalue weighted by Gasteiger charge is -2.21. The van der Waals surface area contributed by atoms with Gasteiger partial charge in [-0.2, -0.15) is 0 Å². The Morgan fingerprint density at radius 1 is 1.38 bits per heavy atom. The Kier molecular flexibility index (Phi) is 3.97. The Labute approximate surface area is 120 Å². The molecule has 1 heterocycles. The maximum absolute atomic E-state index is 13.7. The lowest BCUT2D eigenvalue weighted by Crippen LogP contribution is -2.40. The summed E-state index contributed by atoms with van der Waals surface area (Å²) in [6.45, 7) is 0.258. The van der Waals surface area contributed by atoms with Crippen LogP contribution in [0.25, 0.3) is 0 Å². The maximum atomic E-state index is 13.7. The quantitative estimate of drug-likeness (QED) is 0.823. The van der Waals surface area contributed by atoms with Gasteiger partial charge in [0, 0.05) is 12.1 Å². The molecule has 0 aromatic heterocycles. The standard InChI is InChI=1S/C12H13FN2O5S/c13-8-6-7(3-4-10(8)21(14,19)20)11(16)15-5-1-2-9(15)12(17)18/h3-4,6,9H,1-2,5H2,(H,17,18)(H2,14,19,20). The van der Waals surface area contributed by atoms with Crippen molar-refractivity contribution in [3.8, 4) is 0 Å². The Hall–Kier alpha value is -2.00. The second-order valence-corrected chi connectivity index (χ2v) is 6.21. The summed E-state index contributed by atoms with van der Waals surface area (Å²) in [4.78, 5) is 23.6. The molecular formula is C12H13FN2O5S. The van der Waals surface area contributed by atoms with Crippen molar-refractivity contribution < 1.29 is 27.5 Å². The van der Waals surface area contributed by atoms with Gasteiger partial charge in [0.2, 0.25) is 10.0 Å². The molecule has 2 rings (SSSR count). The third kappa shape index (κ3) is 3.03. The maximum Gasteiger partial charge on any atom is 0.326 e. The Bertz CT molecular complexity index is 704. The van der Waals surface area contributed by atoms with Crippen LogP contribution < -0.4 is 5.14 Å². The number of sulfonamides is 1. The number of nitrogens with two attached hydrogens (primary N) is 1. The number of hydrogen-bond donors (Lipinski definition) is 2. The molecule has 1 aromatic rings. The van der Waals surface area contributed by atoms with Gasteiger partial charge in [-0.3, -0.25) is 4.79 Å². The van der Waals surface area contributed by atoms with E-state index in [4.69, 9.17) is 10.2 Å². The van der Waals surface area contributed by atoms with Gasteiger partial charge in [0.05, 0.1) is 0 Å². The summed E-state index contributed by atoms with van der Waals surface area (Å²) in [5.41, 5.74) is -0.118. The monoisotopic (exact) mass is 316 g/mol. The molecular weight excluding hydrogens is 303 g/mol. The highest BCUT2D eigenvalue weighted by atomic mass is 32.2. The van der Waals surface area contributed by atoms with Crippen LogP contribution in [0.1, 0.15) is 23.2 Å². The molecule has 7 nitrogen and oxygen atoms in total. The number of primary sulfonamides is 1. The van der Waals surface area contributed by atoms with E-state index in [9.17, 15) is 22.4 Å². The van der Waals surface area contributed by atoms with Gasteiger partial charge in [0.25, 0.3) is 5.91 Å². The number of carboxylic acid groups (broad SMARTS) is 1. The molecule has 1 unspecified atom stereocenters. The van der Waals surface area contributed by atoms with Crippen LogP contribution in [0.4, 0.5) is 4.39 Å². The Morgan fingerprint density at radius 3 is 2.57 bits per heavy atom. The number of carboxylic acids is 1. The second-order valence-electron chi connectivity index (χ2n) is 4.69.